The molecule has 0 spiro atoms. The predicted molar refractivity (Wildman–Crippen MR) is 75.7 cm³/mol. The largest absolute Gasteiger partial charge is 0.377 e. The van der Waals surface area contributed by atoms with Crippen LogP contribution in [0.3, 0.4) is 0 Å². The smallest absolute Gasteiger partial charge is 0.134 e. The molecule has 0 rings (SSSR count). The molecule has 0 saturated heterocycles. The summed E-state index contributed by atoms with van der Waals surface area (Å²) in [6.07, 6.45) is 9.14. The van der Waals surface area contributed by atoms with Crippen molar-refractivity contribution in [2.24, 2.45) is 0 Å². The van der Waals surface area contributed by atoms with E-state index in [1.165, 1.54) is 25.3 Å². The molecule has 2 nitrogen and oxygen atoms in total. The van der Waals surface area contributed by atoms with Gasteiger partial charge >= 0.3 is 0 Å². The Morgan fingerprint density at radius 1 is 1.06 bits per heavy atom. The molecule has 0 amide bonds. The topological polar surface area (TPSA) is 40.5 Å². The number of allylic oxidation sites excluding steroid dienone is 1. The van der Waals surface area contributed by atoms with Gasteiger partial charge in [0.2, 0.25) is 0 Å². The van der Waals surface area contributed by atoms with Crippen molar-refractivity contribution < 1.29 is 10.2 Å². The maximum atomic E-state index is 9.46. The molecule has 0 aliphatic carbocycles. The van der Waals surface area contributed by atoms with Crippen LogP contribution in [0.5, 0.6) is 0 Å². The van der Waals surface area contributed by atoms with Crippen LogP contribution < -0.4 is 0 Å². The van der Waals surface area contributed by atoms with Gasteiger partial charge in [-0.25, -0.2) is 0 Å². The van der Waals surface area contributed by atoms with Crippen LogP contribution in [-0.4, -0.2) is 22.4 Å². The van der Waals surface area contributed by atoms with Crippen molar-refractivity contribution in [1.82, 2.24) is 0 Å². The third kappa shape index (κ3) is 11.0. The molecule has 98 valence electrons. The number of rotatable bonds is 7. The van der Waals surface area contributed by atoms with Gasteiger partial charge in [0.1, 0.15) is 12.2 Å². The van der Waals surface area contributed by atoms with Crippen molar-refractivity contribution in [3.05, 3.63) is 24.8 Å². The van der Waals surface area contributed by atoms with Crippen LogP contribution in [0.25, 0.3) is 0 Å². The van der Waals surface area contributed by atoms with E-state index < -0.39 is 12.2 Å². The molecule has 0 aromatic carbocycles. The first-order chi connectivity index (χ1) is 8.70. The summed E-state index contributed by atoms with van der Waals surface area (Å²) in [6.45, 7) is 5.56. The monoisotopic (exact) mass is 246 g/mol. The first-order valence-corrected chi connectivity index (χ1v) is 6.37. The van der Waals surface area contributed by atoms with Crippen LogP contribution >= 0.6 is 0 Å². The second kappa shape index (κ2) is 12.0. The van der Waals surface area contributed by atoms with Crippen molar-refractivity contribution >= 4 is 0 Å². The van der Waals surface area contributed by atoms with E-state index in [1.54, 1.807) is 6.08 Å². The van der Waals surface area contributed by atoms with E-state index in [2.05, 4.69) is 37.2 Å². The summed E-state index contributed by atoms with van der Waals surface area (Å²) in [6, 6.07) is 0. The Bertz CT molecular complexity index is 360. The number of unbranched alkanes of at least 4 members (excludes halogenated alkanes) is 4. The maximum Gasteiger partial charge on any atom is 0.134 e. The molecular weight excluding hydrogens is 224 g/mol. The average Bonchev–Trinajstić information content (AvgIpc) is 2.38. The molecule has 0 saturated carbocycles. The summed E-state index contributed by atoms with van der Waals surface area (Å²) >= 11 is 0. The van der Waals surface area contributed by atoms with Crippen LogP contribution in [0.4, 0.5) is 0 Å². The SMILES string of the molecule is C=CC(O)C#CC#CC(O)/C=C\CCCCCC. The minimum Gasteiger partial charge on any atom is -0.377 e. The maximum absolute atomic E-state index is 9.46. The summed E-state index contributed by atoms with van der Waals surface area (Å²) in [5.41, 5.74) is 0. The normalized spacial score (nSPS) is 13.1. The zero-order chi connectivity index (χ0) is 13.6. The molecule has 0 bridgehead atoms. The Morgan fingerprint density at radius 3 is 2.33 bits per heavy atom. The highest BCUT2D eigenvalue weighted by Crippen LogP contribution is 2.03. The third-order valence-electron chi connectivity index (χ3n) is 2.27. The van der Waals surface area contributed by atoms with Crippen LogP contribution in [0, 0.1) is 23.7 Å². The number of hydrogen-bond donors (Lipinski definition) is 2. The second-order valence-electron chi connectivity index (χ2n) is 3.94. The van der Waals surface area contributed by atoms with Gasteiger partial charge in [0.15, 0.2) is 0 Å². The Kier molecular flexibility index (Phi) is 11.0. The molecule has 0 aromatic heterocycles. The highest BCUT2D eigenvalue weighted by molar-refractivity contribution is 5.31. The summed E-state index contributed by atoms with van der Waals surface area (Å²) in [5.74, 6) is 9.97. The molecule has 2 unspecified atom stereocenters. The summed E-state index contributed by atoms with van der Waals surface area (Å²) in [5, 5.41) is 18.5. The van der Waals surface area contributed by atoms with Crippen molar-refractivity contribution in [1.29, 1.82) is 0 Å². The summed E-state index contributed by atoms with van der Waals surface area (Å²) in [7, 11) is 0. The lowest BCUT2D eigenvalue weighted by Crippen LogP contribution is -1.97. The Hall–Kier alpha value is -1.48. The van der Waals surface area contributed by atoms with Gasteiger partial charge in [-0.05, 0) is 30.8 Å². The van der Waals surface area contributed by atoms with Crippen LogP contribution in [-0.2, 0) is 0 Å². The number of aliphatic hydroxyl groups is 2. The highest BCUT2D eigenvalue weighted by Gasteiger charge is 1.90. The van der Waals surface area contributed by atoms with E-state index >= 15 is 0 Å². The van der Waals surface area contributed by atoms with Crippen molar-refractivity contribution in [3.8, 4) is 23.7 Å². The first kappa shape index (κ1) is 16.5. The fourth-order valence-corrected chi connectivity index (χ4v) is 1.24. The lowest BCUT2D eigenvalue weighted by atomic mass is 10.1. The quantitative estimate of drug-likeness (QED) is 0.411. The molecule has 0 radical (unpaired) electrons. The van der Waals surface area contributed by atoms with Crippen molar-refractivity contribution in [3.63, 3.8) is 0 Å². The minimum absolute atomic E-state index is 0.786. The third-order valence-corrected chi connectivity index (χ3v) is 2.27. The zero-order valence-electron chi connectivity index (χ0n) is 11.0. The van der Waals surface area contributed by atoms with Gasteiger partial charge < -0.3 is 10.2 Å². The molecule has 0 aliphatic rings. The van der Waals surface area contributed by atoms with Gasteiger partial charge in [-0.3, -0.25) is 0 Å². The molecule has 0 aliphatic heterocycles. The van der Waals surface area contributed by atoms with E-state index in [4.69, 9.17) is 5.11 Å². The number of hydrogen-bond acceptors (Lipinski definition) is 2. The van der Waals surface area contributed by atoms with E-state index in [0.29, 0.717) is 0 Å². The molecule has 18 heavy (non-hydrogen) atoms. The molecular formula is C16H22O2. The van der Waals surface area contributed by atoms with Crippen molar-refractivity contribution in [2.75, 3.05) is 0 Å². The van der Waals surface area contributed by atoms with Gasteiger partial charge in [0.25, 0.3) is 0 Å². The fourth-order valence-electron chi connectivity index (χ4n) is 1.24. The Morgan fingerprint density at radius 2 is 1.72 bits per heavy atom. The van der Waals surface area contributed by atoms with E-state index in [0.717, 1.165) is 12.8 Å². The minimum atomic E-state index is -0.856. The van der Waals surface area contributed by atoms with Gasteiger partial charge in [-0.15, -0.1) is 0 Å². The van der Waals surface area contributed by atoms with E-state index in [-0.39, 0.29) is 0 Å². The average molecular weight is 246 g/mol. The highest BCUT2D eigenvalue weighted by atomic mass is 16.3. The van der Waals surface area contributed by atoms with Gasteiger partial charge in [0.05, 0.1) is 0 Å². The Labute approximate surface area is 110 Å². The lowest BCUT2D eigenvalue weighted by molar-refractivity contribution is 0.280. The molecule has 2 N–H and O–H groups in total. The van der Waals surface area contributed by atoms with E-state index in [1.807, 2.05) is 6.08 Å². The summed E-state index contributed by atoms with van der Waals surface area (Å²) in [4.78, 5) is 0. The Balaban J connectivity index is 3.84. The van der Waals surface area contributed by atoms with Gasteiger partial charge in [-0.2, -0.15) is 0 Å². The molecule has 0 fully saturated rings. The van der Waals surface area contributed by atoms with Crippen LogP contribution in [0.1, 0.15) is 39.0 Å². The van der Waals surface area contributed by atoms with Crippen molar-refractivity contribution in [2.45, 2.75) is 51.2 Å². The molecule has 2 heteroatoms. The fraction of sp³-hybridized carbons (Fsp3) is 0.500. The van der Waals surface area contributed by atoms with Gasteiger partial charge in [0, 0.05) is 0 Å². The summed E-state index contributed by atoms with van der Waals surface area (Å²) < 4.78 is 0. The number of aliphatic hydroxyl groups excluding tert-OH is 2. The molecule has 0 aromatic rings. The van der Waals surface area contributed by atoms with E-state index in [9.17, 15) is 5.11 Å². The first-order valence-electron chi connectivity index (χ1n) is 6.37. The lowest BCUT2D eigenvalue weighted by Gasteiger charge is -1.95. The molecule has 2 atom stereocenters. The second-order valence-corrected chi connectivity index (χ2v) is 3.94. The van der Waals surface area contributed by atoms with Gasteiger partial charge in [-0.1, -0.05) is 56.8 Å². The predicted octanol–water partition coefficient (Wildman–Crippen LogP) is 2.43. The van der Waals surface area contributed by atoms with Crippen LogP contribution in [0.15, 0.2) is 24.8 Å². The van der Waals surface area contributed by atoms with Crippen LogP contribution in [0.2, 0.25) is 0 Å². The standard InChI is InChI=1S/C16H22O2/c1-3-5-6-7-8-9-13-16(18)14-11-10-12-15(17)4-2/h4,9,13,15-18H,2-3,5-8H2,1H3/b13-9-. The zero-order valence-corrected chi connectivity index (χ0v) is 11.0. The molecule has 0 heterocycles.